The Morgan fingerprint density at radius 2 is 1.03 bits per heavy atom. The monoisotopic (exact) mass is 959 g/mol. The van der Waals surface area contributed by atoms with Crippen molar-refractivity contribution in [2.75, 3.05) is 19.0 Å². The number of hydrogen-bond acceptors (Lipinski definition) is 12. The quantitative estimate of drug-likeness (QED) is 0.0375. The van der Waals surface area contributed by atoms with Crippen LogP contribution in [0.25, 0.3) is 21.8 Å². The third-order valence-electron chi connectivity index (χ3n) is 11.3. The molecule has 2 unspecified atom stereocenters. The third-order valence-corrected chi connectivity index (χ3v) is 12.0. The molecule has 0 bridgehead atoms. The van der Waals surface area contributed by atoms with E-state index in [9.17, 15) is 19.2 Å². The molecule has 0 fully saturated rings. The zero-order valence-corrected chi connectivity index (χ0v) is 39.8. The molecule has 0 saturated heterocycles. The first-order chi connectivity index (χ1) is 33.9. The topological polar surface area (TPSA) is 204 Å². The predicted octanol–water partition coefficient (Wildman–Crippen LogP) is 9.11. The SMILES string of the molecule is Cc1cc(COc2ccc(C(=O)NC(CC(=O)NO)c3ccc(N(C)C)cc3)cc2)c2ccccc2n1.Cc1cc(COc2ccc(C(=O)NC(CC(=O)NO)c3ccsc3)cc2)c2ccccc2n1. The van der Waals surface area contributed by atoms with Gasteiger partial charge in [0.15, 0.2) is 0 Å². The van der Waals surface area contributed by atoms with Crippen molar-refractivity contribution in [3.8, 4) is 11.5 Å². The van der Waals surface area contributed by atoms with Gasteiger partial charge in [0, 0.05) is 64.2 Å². The number of ether oxygens (including phenoxy) is 2. The van der Waals surface area contributed by atoms with Crippen LogP contribution >= 0.6 is 11.3 Å². The highest BCUT2D eigenvalue weighted by Gasteiger charge is 2.21. The minimum atomic E-state index is -0.616. The zero-order valence-electron chi connectivity index (χ0n) is 39.0. The van der Waals surface area contributed by atoms with Crippen molar-refractivity contribution in [2.24, 2.45) is 0 Å². The number of rotatable bonds is 17. The molecule has 0 aliphatic heterocycles. The van der Waals surface area contributed by atoms with Crippen LogP contribution < -0.4 is 36.0 Å². The number of amides is 4. The number of fused-ring (bicyclic) bond motifs is 2. The smallest absolute Gasteiger partial charge is 0.251 e. The van der Waals surface area contributed by atoms with Crippen LogP contribution in [0, 0.1) is 13.8 Å². The summed E-state index contributed by atoms with van der Waals surface area (Å²) in [6.07, 6.45) is -0.177. The van der Waals surface area contributed by atoms with E-state index in [2.05, 4.69) is 20.6 Å². The number of hydroxylamine groups is 2. The molecular weight excluding hydrogens is 907 g/mol. The molecule has 0 radical (unpaired) electrons. The summed E-state index contributed by atoms with van der Waals surface area (Å²) in [5.41, 5.74) is 12.4. The van der Waals surface area contributed by atoms with Gasteiger partial charge in [0.25, 0.3) is 11.8 Å². The molecule has 3 heterocycles. The van der Waals surface area contributed by atoms with Gasteiger partial charge in [-0.2, -0.15) is 11.3 Å². The van der Waals surface area contributed by atoms with Gasteiger partial charge in [-0.15, -0.1) is 0 Å². The standard InChI is InChI=1S/C29H30N4O4.C25H23N3O4S/c1-19-16-22(25-6-4-5-7-26(25)30-19)18-37-24-14-10-21(11-15-24)29(35)31-27(17-28(34)32-36)20-8-12-23(13-9-20)33(2)3;1-16-12-19(21-4-2-3-5-22(21)26-16)14-32-20-8-6-17(7-9-20)25(30)27-23(13-24(29)28-31)18-10-11-33-15-18/h4-16,27,36H,17-18H2,1-3H3,(H,31,35)(H,32,34);2-12,15,23,31H,13-14H2,1H3,(H,27,30)(H,28,29). The van der Waals surface area contributed by atoms with Gasteiger partial charge in [-0.25, -0.2) is 11.0 Å². The van der Waals surface area contributed by atoms with Crippen molar-refractivity contribution in [3.05, 3.63) is 195 Å². The molecule has 15 nitrogen and oxygen atoms in total. The Morgan fingerprint density at radius 3 is 1.44 bits per heavy atom. The molecule has 16 heteroatoms. The Balaban J connectivity index is 0.000000208. The summed E-state index contributed by atoms with van der Waals surface area (Å²) in [6.45, 7) is 4.66. The van der Waals surface area contributed by atoms with Crippen LogP contribution in [-0.2, 0) is 22.8 Å². The van der Waals surface area contributed by atoms with E-state index < -0.39 is 23.9 Å². The highest BCUT2D eigenvalue weighted by Crippen LogP contribution is 2.26. The number of aromatic nitrogens is 2. The fourth-order valence-corrected chi connectivity index (χ4v) is 8.40. The van der Waals surface area contributed by atoms with Gasteiger partial charge in [0.2, 0.25) is 11.8 Å². The summed E-state index contributed by atoms with van der Waals surface area (Å²) in [5, 5.41) is 29.4. The lowest BCUT2D eigenvalue weighted by molar-refractivity contribution is -0.130. The highest BCUT2D eigenvalue weighted by atomic mass is 32.1. The highest BCUT2D eigenvalue weighted by molar-refractivity contribution is 7.08. The second-order valence-electron chi connectivity index (χ2n) is 16.6. The average Bonchev–Trinajstić information content (AvgIpc) is 3.93. The minimum absolute atomic E-state index is 0.0700. The molecule has 6 N–H and O–H groups in total. The first-order valence-corrected chi connectivity index (χ1v) is 23.2. The molecule has 0 spiro atoms. The molecule has 5 aromatic carbocycles. The Bertz CT molecular complexity index is 3060. The van der Waals surface area contributed by atoms with Gasteiger partial charge in [-0.05, 0) is 127 Å². The van der Waals surface area contributed by atoms with E-state index in [1.807, 2.05) is 135 Å². The van der Waals surface area contributed by atoms with E-state index in [-0.39, 0.29) is 24.7 Å². The number of benzene rings is 5. The number of carbonyl (C=O) groups is 4. The Morgan fingerprint density at radius 1 is 0.586 bits per heavy atom. The van der Waals surface area contributed by atoms with Crippen molar-refractivity contribution in [2.45, 2.75) is 52.0 Å². The zero-order chi connectivity index (χ0) is 49.6. The summed E-state index contributed by atoms with van der Waals surface area (Å²) in [5.74, 6) is -0.558. The van der Waals surface area contributed by atoms with Crippen LogP contribution in [0.15, 0.2) is 150 Å². The van der Waals surface area contributed by atoms with Crippen LogP contribution in [0.3, 0.4) is 0 Å². The van der Waals surface area contributed by atoms with Crippen molar-refractivity contribution in [3.63, 3.8) is 0 Å². The number of thiophene rings is 1. The van der Waals surface area contributed by atoms with Crippen LogP contribution in [-0.4, -0.2) is 58.1 Å². The number of anilines is 1. The summed E-state index contributed by atoms with van der Waals surface area (Å²) in [4.78, 5) is 60.3. The number of carbonyl (C=O) groups excluding carboxylic acids is 4. The molecule has 70 heavy (non-hydrogen) atoms. The minimum Gasteiger partial charge on any atom is -0.489 e. The number of aryl methyl sites for hydroxylation is 2. The lowest BCUT2D eigenvalue weighted by Crippen LogP contribution is -2.33. The molecule has 2 atom stereocenters. The van der Waals surface area contributed by atoms with E-state index in [4.69, 9.17) is 19.9 Å². The summed E-state index contributed by atoms with van der Waals surface area (Å²) in [6, 6.07) is 41.8. The van der Waals surface area contributed by atoms with E-state index in [0.717, 1.165) is 61.1 Å². The van der Waals surface area contributed by atoms with Gasteiger partial charge >= 0.3 is 0 Å². The molecule has 0 saturated carbocycles. The van der Waals surface area contributed by atoms with E-state index in [0.29, 0.717) is 35.8 Å². The molecular formula is C54H53N7O8S. The molecule has 4 amide bonds. The van der Waals surface area contributed by atoms with Gasteiger partial charge in [0.1, 0.15) is 24.7 Å². The van der Waals surface area contributed by atoms with Crippen molar-refractivity contribution < 1.29 is 39.1 Å². The first-order valence-electron chi connectivity index (χ1n) is 22.3. The Labute approximate surface area is 409 Å². The van der Waals surface area contributed by atoms with E-state index >= 15 is 0 Å². The number of para-hydroxylation sites is 2. The van der Waals surface area contributed by atoms with E-state index in [1.54, 1.807) is 59.5 Å². The maximum atomic E-state index is 13.0. The normalized spacial score (nSPS) is 11.6. The van der Waals surface area contributed by atoms with Gasteiger partial charge in [-0.1, -0.05) is 48.5 Å². The van der Waals surface area contributed by atoms with Crippen LogP contribution in [0.4, 0.5) is 5.69 Å². The van der Waals surface area contributed by atoms with E-state index in [1.165, 1.54) is 11.3 Å². The molecule has 8 rings (SSSR count). The second-order valence-corrected chi connectivity index (χ2v) is 17.4. The first kappa shape index (κ1) is 49.7. The number of pyridine rings is 2. The van der Waals surface area contributed by atoms with Crippen LogP contribution in [0.1, 0.15) is 79.3 Å². The fourth-order valence-electron chi connectivity index (χ4n) is 7.68. The second kappa shape index (κ2) is 23.7. The molecule has 358 valence electrons. The van der Waals surface area contributed by atoms with Crippen molar-refractivity contribution >= 4 is 62.5 Å². The summed E-state index contributed by atoms with van der Waals surface area (Å²) >= 11 is 1.47. The van der Waals surface area contributed by atoms with Gasteiger partial charge < -0.3 is 25.0 Å². The summed E-state index contributed by atoms with van der Waals surface area (Å²) in [7, 11) is 3.86. The number of nitrogens with zero attached hydrogens (tertiary/aromatic N) is 3. The lowest BCUT2D eigenvalue weighted by Gasteiger charge is -2.20. The average molecular weight is 960 g/mol. The Hall–Kier alpha value is -8.18. The number of nitrogens with one attached hydrogen (secondary N) is 4. The Kier molecular flexibility index (Phi) is 16.8. The largest absolute Gasteiger partial charge is 0.489 e. The lowest BCUT2D eigenvalue weighted by atomic mass is 10.0. The van der Waals surface area contributed by atoms with Crippen molar-refractivity contribution in [1.29, 1.82) is 0 Å². The summed E-state index contributed by atoms with van der Waals surface area (Å²) < 4.78 is 12.0. The maximum Gasteiger partial charge on any atom is 0.251 e. The molecule has 8 aromatic rings. The maximum absolute atomic E-state index is 13.0. The number of hydrogen-bond donors (Lipinski definition) is 6. The molecule has 0 aliphatic rings. The fraction of sp³-hybridized carbons (Fsp3) is 0.185. The van der Waals surface area contributed by atoms with Gasteiger partial charge in [0.05, 0.1) is 36.0 Å². The van der Waals surface area contributed by atoms with Gasteiger partial charge in [-0.3, -0.25) is 39.6 Å². The third kappa shape index (κ3) is 13.3. The molecule has 0 aliphatic carbocycles. The van der Waals surface area contributed by atoms with Crippen LogP contribution in [0.2, 0.25) is 0 Å². The predicted molar refractivity (Wildman–Crippen MR) is 269 cm³/mol. The van der Waals surface area contributed by atoms with Crippen LogP contribution in [0.5, 0.6) is 11.5 Å². The molecule has 3 aromatic heterocycles. The van der Waals surface area contributed by atoms with Crippen molar-refractivity contribution in [1.82, 2.24) is 31.6 Å².